The number of aliphatic hydroxyl groups excluding tert-OH is 1. The summed E-state index contributed by atoms with van der Waals surface area (Å²) >= 11 is 0. The first-order chi connectivity index (χ1) is 7.45. The number of aliphatic hydroxyl groups is 1. The highest BCUT2D eigenvalue weighted by molar-refractivity contribution is 5.52. The smallest absolute Gasteiger partial charge is 0.396 e. The van der Waals surface area contributed by atoms with Crippen LogP contribution < -0.4 is 5.73 Å². The van der Waals surface area contributed by atoms with Crippen LogP contribution in [-0.4, -0.2) is 21.7 Å². The van der Waals surface area contributed by atoms with Gasteiger partial charge in [-0.25, -0.2) is 9.97 Å². The molecule has 1 heterocycles. The summed E-state index contributed by atoms with van der Waals surface area (Å²) in [5, 5.41) is 8.49. The standard InChI is InChI=1S/C9H10F3N3O/c10-9(11,12)7-6(3-1-2-4-16)5-14-8(13)15-7/h1,3,5,16H,2,4H2,(H2,13,14,15). The fraction of sp³-hybridized carbons (Fsp3) is 0.333. The van der Waals surface area contributed by atoms with E-state index in [1.54, 1.807) is 0 Å². The molecule has 0 aliphatic rings. The molecule has 0 saturated carbocycles. The number of halogens is 3. The molecule has 0 unspecified atom stereocenters. The maximum Gasteiger partial charge on any atom is 0.434 e. The molecule has 1 aromatic heterocycles. The maximum atomic E-state index is 12.5. The van der Waals surface area contributed by atoms with Crippen molar-refractivity contribution in [1.29, 1.82) is 0 Å². The van der Waals surface area contributed by atoms with E-state index in [1.165, 1.54) is 12.2 Å². The van der Waals surface area contributed by atoms with Gasteiger partial charge in [0.1, 0.15) is 0 Å². The molecule has 7 heteroatoms. The third kappa shape index (κ3) is 3.20. The average molecular weight is 233 g/mol. The maximum absolute atomic E-state index is 12.5. The van der Waals surface area contributed by atoms with Gasteiger partial charge < -0.3 is 10.8 Å². The summed E-state index contributed by atoms with van der Waals surface area (Å²) in [6.45, 7) is -0.131. The fourth-order valence-corrected chi connectivity index (χ4v) is 1.04. The minimum absolute atomic E-state index is 0.131. The van der Waals surface area contributed by atoms with Crippen molar-refractivity contribution in [2.75, 3.05) is 12.3 Å². The van der Waals surface area contributed by atoms with Gasteiger partial charge in [0, 0.05) is 18.4 Å². The lowest BCUT2D eigenvalue weighted by Gasteiger charge is -2.08. The molecule has 0 fully saturated rings. The van der Waals surface area contributed by atoms with Gasteiger partial charge in [-0.15, -0.1) is 0 Å². The first-order valence-corrected chi connectivity index (χ1v) is 4.42. The van der Waals surface area contributed by atoms with E-state index in [-0.39, 0.29) is 18.6 Å². The Labute approximate surface area is 89.6 Å². The van der Waals surface area contributed by atoms with Crippen LogP contribution in [0.5, 0.6) is 0 Å². The molecule has 88 valence electrons. The van der Waals surface area contributed by atoms with Crippen molar-refractivity contribution in [2.24, 2.45) is 0 Å². The Hall–Kier alpha value is -1.63. The summed E-state index contributed by atoms with van der Waals surface area (Å²) in [7, 11) is 0. The number of aromatic nitrogens is 2. The first-order valence-electron chi connectivity index (χ1n) is 4.42. The van der Waals surface area contributed by atoms with Gasteiger partial charge in [0.25, 0.3) is 0 Å². The number of nitrogen functional groups attached to an aromatic ring is 1. The Kier molecular flexibility index (Phi) is 3.83. The highest BCUT2D eigenvalue weighted by Gasteiger charge is 2.35. The Morgan fingerprint density at radius 1 is 1.44 bits per heavy atom. The topological polar surface area (TPSA) is 72.0 Å². The van der Waals surface area contributed by atoms with Gasteiger partial charge in [-0.3, -0.25) is 0 Å². The monoisotopic (exact) mass is 233 g/mol. The number of nitrogens with zero attached hydrogens (tertiary/aromatic N) is 2. The molecular weight excluding hydrogens is 223 g/mol. The van der Waals surface area contributed by atoms with Gasteiger partial charge in [-0.2, -0.15) is 13.2 Å². The molecule has 0 aliphatic heterocycles. The summed E-state index contributed by atoms with van der Waals surface area (Å²) in [5.74, 6) is -0.424. The summed E-state index contributed by atoms with van der Waals surface area (Å²) in [6, 6.07) is 0. The van der Waals surface area contributed by atoms with Gasteiger partial charge in [0.15, 0.2) is 5.69 Å². The van der Waals surface area contributed by atoms with Crippen LogP contribution in [0.15, 0.2) is 12.3 Å². The molecule has 1 rings (SSSR count). The van der Waals surface area contributed by atoms with Crippen molar-refractivity contribution in [3.05, 3.63) is 23.5 Å². The molecule has 16 heavy (non-hydrogen) atoms. The lowest BCUT2D eigenvalue weighted by atomic mass is 10.2. The van der Waals surface area contributed by atoms with Gasteiger partial charge >= 0.3 is 6.18 Å². The van der Waals surface area contributed by atoms with Crippen molar-refractivity contribution in [3.8, 4) is 0 Å². The van der Waals surface area contributed by atoms with E-state index in [0.717, 1.165) is 6.20 Å². The Morgan fingerprint density at radius 3 is 2.69 bits per heavy atom. The van der Waals surface area contributed by atoms with Crippen molar-refractivity contribution < 1.29 is 18.3 Å². The van der Waals surface area contributed by atoms with Crippen LogP contribution in [0.4, 0.5) is 19.1 Å². The van der Waals surface area contributed by atoms with Crippen LogP contribution in [-0.2, 0) is 6.18 Å². The SMILES string of the molecule is Nc1ncc(C=CCCO)c(C(F)(F)F)n1. The quantitative estimate of drug-likeness (QED) is 0.829. The number of rotatable bonds is 3. The van der Waals surface area contributed by atoms with Crippen LogP contribution in [0.1, 0.15) is 17.7 Å². The highest BCUT2D eigenvalue weighted by atomic mass is 19.4. The van der Waals surface area contributed by atoms with E-state index in [1.807, 2.05) is 0 Å². The predicted octanol–water partition coefficient (Wildman–Crippen LogP) is 1.47. The summed E-state index contributed by atoms with van der Waals surface area (Å²) in [6.07, 6.45) is -0.695. The molecule has 4 nitrogen and oxygen atoms in total. The van der Waals surface area contributed by atoms with Crippen molar-refractivity contribution in [1.82, 2.24) is 9.97 Å². The summed E-state index contributed by atoms with van der Waals surface area (Å²) in [4.78, 5) is 6.64. The summed E-state index contributed by atoms with van der Waals surface area (Å²) in [5.41, 5.74) is 3.85. The molecule has 3 N–H and O–H groups in total. The van der Waals surface area contributed by atoms with Crippen molar-refractivity contribution in [2.45, 2.75) is 12.6 Å². The van der Waals surface area contributed by atoms with E-state index in [2.05, 4.69) is 9.97 Å². The first kappa shape index (κ1) is 12.4. The molecule has 0 radical (unpaired) electrons. The van der Waals surface area contributed by atoms with Gasteiger partial charge in [0.05, 0.1) is 0 Å². The van der Waals surface area contributed by atoms with E-state index < -0.39 is 17.8 Å². The second-order valence-corrected chi connectivity index (χ2v) is 2.94. The van der Waals surface area contributed by atoms with Crippen LogP contribution in [0.3, 0.4) is 0 Å². The van der Waals surface area contributed by atoms with Gasteiger partial charge in [-0.1, -0.05) is 12.2 Å². The van der Waals surface area contributed by atoms with Crippen LogP contribution in [0, 0.1) is 0 Å². The second kappa shape index (κ2) is 4.93. The number of alkyl halides is 3. The zero-order valence-electron chi connectivity index (χ0n) is 8.20. The molecule has 0 atom stereocenters. The normalized spacial score (nSPS) is 12.2. The molecule has 0 saturated heterocycles. The van der Waals surface area contributed by atoms with Gasteiger partial charge in [0.2, 0.25) is 5.95 Å². The van der Waals surface area contributed by atoms with E-state index in [0.29, 0.717) is 0 Å². The van der Waals surface area contributed by atoms with Crippen LogP contribution in [0.25, 0.3) is 6.08 Å². The van der Waals surface area contributed by atoms with Crippen LogP contribution in [0.2, 0.25) is 0 Å². The molecule has 1 aromatic rings. The number of hydrogen-bond acceptors (Lipinski definition) is 4. The highest BCUT2D eigenvalue weighted by Crippen LogP contribution is 2.30. The van der Waals surface area contributed by atoms with Crippen molar-refractivity contribution in [3.63, 3.8) is 0 Å². The molecule has 0 aromatic carbocycles. The zero-order valence-corrected chi connectivity index (χ0v) is 8.20. The zero-order chi connectivity index (χ0) is 12.2. The average Bonchev–Trinajstić information content (AvgIpc) is 2.19. The lowest BCUT2D eigenvalue weighted by molar-refractivity contribution is -0.141. The van der Waals surface area contributed by atoms with Gasteiger partial charge in [-0.05, 0) is 6.42 Å². The lowest BCUT2D eigenvalue weighted by Crippen LogP contribution is -2.12. The molecular formula is C9H10F3N3O. The molecule has 0 spiro atoms. The Balaban J connectivity index is 3.08. The van der Waals surface area contributed by atoms with E-state index >= 15 is 0 Å². The largest absolute Gasteiger partial charge is 0.434 e. The second-order valence-electron chi connectivity index (χ2n) is 2.94. The third-order valence-corrected chi connectivity index (χ3v) is 1.70. The van der Waals surface area contributed by atoms with Crippen molar-refractivity contribution >= 4 is 12.0 Å². The minimum atomic E-state index is -4.57. The fourth-order valence-electron chi connectivity index (χ4n) is 1.04. The molecule has 0 amide bonds. The number of nitrogens with two attached hydrogens (primary N) is 1. The number of anilines is 1. The van der Waals surface area contributed by atoms with E-state index in [9.17, 15) is 13.2 Å². The van der Waals surface area contributed by atoms with E-state index in [4.69, 9.17) is 10.8 Å². The molecule has 0 bridgehead atoms. The molecule has 0 aliphatic carbocycles. The predicted molar refractivity (Wildman–Crippen MR) is 52.2 cm³/mol. The number of hydrogen-bond donors (Lipinski definition) is 2. The van der Waals surface area contributed by atoms with Crippen LogP contribution >= 0.6 is 0 Å². The summed E-state index contributed by atoms with van der Waals surface area (Å²) < 4.78 is 37.5. The third-order valence-electron chi connectivity index (χ3n) is 1.70. The minimum Gasteiger partial charge on any atom is -0.396 e. The Morgan fingerprint density at radius 2 is 2.12 bits per heavy atom. The Bertz CT molecular complexity index is 390.